The number of carbonyl (C=O) groups is 2. The Morgan fingerprint density at radius 1 is 1.15 bits per heavy atom. The van der Waals surface area contributed by atoms with Crippen molar-refractivity contribution in [3.63, 3.8) is 0 Å². The van der Waals surface area contributed by atoms with Crippen LogP contribution in [0.25, 0.3) is 5.70 Å². The molecule has 2 aromatic carbocycles. The summed E-state index contributed by atoms with van der Waals surface area (Å²) in [5, 5.41) is 12.2. The fourth-order valence-electron chi connectivity index (χ4n) is 2.95. The molecule has 0 saturated carbocycles. The first-order valence-corrected chi connectivity index (χ1v) is 9.18. The number of hydrazine groups is 1. The second kappa shape index (κ2) is 8.26. The summed E-state index contributed by atoms with van der Waals surface area (Å²) >= 11 is 3.41. The lowest BCUT2D eigenvalue weighted by Crippen LogP contribution is -2.40. The van der Waals surface area contributed by atoms with Crippen molar-refractivity contribution in [1.82, 2.24) is 10.4 Å². The van der Waals surface area contributed by atoms with Gasteiger partial charge < -0.3 is 14.6 Å². The number of ether oxygens (including phenoxy) is 1. The molecule has 3 rings (SSSR count). The van der Waals surface area contributed by atoms with Crippen LogP contribution in [0.4, 0.5) is 0 Å². The molecule has 27 heavy (non-hydrogen) atoms. The number of carboxylic acids is 1. The molecular formula is C20H18BrN2O4-. The van der Waals surface area contributed by atoms with E-state index in [2.05, 4.69) is 21.4 Å². The van der Waals surface area contributed by atoms with Gasteiger partial charge in [0.15, 0.2) is 0 Å². The number of hydrogen-bond acceptors (Lipinski definition) is 5. The molecule has 0 saturated heterocycles. The second-order valence-electron chi connectivity index (χ2n) is 6.02. The Morgan fingerprint density at radius 2 is 1.85 bits per heavy atom. The number of para-hydroxylation sites is 1. The summed E-state index contributed by atoms with van der Waals surface area (Å²) in [5.41, 5.74) is 5.59. The second-order valence-corrected chi connectivity index (χ2v) is 6.94. The Kier molecular flexibility index (Phi) is 5.81. The molecular weight excluding hydrogens is 412 g/mol. The third kappa shape index (κ3) is 4.31. The van der Waals surface area contributed by atoms with E-state index < -0.39 is 12.0 Å². The molecule has 0 radical (unpaired) electrons. The number of nitrogens with zero attached hydrogens (tertiary/aromatic N) is 1. The van der Waals surface area contributed by atoms with Crippen molar-refractivity contribution in [2.45, 2.75) is 18.9 Å². The summed E-state index contributed by atoms with van der Waals surface area (Å²) in [6.45, 7) is 0. The molecule has 1 amide bonds. The highest BCUT2D eigenvalue weighted by Gasteiger charge is 2.32. The monoisotopic (exact) mass is 429 g/mol. The van der Waals surface area contributed by atoms with E-state index in [-0.39, 0.29) is 18.7 Å². The van der Waals surface area contributed by atoms with Crippen LogP contribution in [0.5, 0.6) is 5.75 Å². The molecule has 6 nitrogen and oxygen atoms in total. The number of nitrogens with one attached hydrogen (secondary N) is 1. The van der Waals surface area contributed by atoms with E-state index in [0.717, 1.165) is 21.3 Å². The number of aliphatic carboxylic acids is 1. The Morgan fingerprint density at radius 3 is 2.52 bits per heavy atom. The summed E-state index contributed by atoms with van der Waals surface area (Å²) in [7, 11) is 1.57. The van der Waals surface area contributed by atoms with Gasteiger partial charge in [0.1, 0.15) is 11.8 Å². The van der Waals surface area contributed by atoms with E-state index in [1.165, 1.54) is 5.01 Å². The van der Waals surface area contributed by atoms with Gasteiger partial charge in [-0.05, 0) is 36.3 Å². The van der Waals surface area contributed by atoms with E-state index >= 15 is 0 Å². The zero-order chi connectivity index (χ0) is 19.4. The van der Waals surface area contributed by atoms with E-state index in [1.54, 1.807) is 7.11 Å². The van der Waals surface area contributed by atoms with Gasteiger partial charge in [0.25, 0.3) is 0 Å². The molecule has 0 aromatic heterocycles. The molecule has 0 bridgehead atoms. The minimum atomic E-state index is -1.25. The van der Waals surface area contributed by atoms with E-state index in [4.69, 9.17) is 4.74 Å². The molecule has 1 heterocycles. The highest BCUT2D eigenvalue weighted by molar-refractivity contribution is 9.10. The van der Waals surface area contributed by atoms with Gasteiger partial charge in [-0.15, -0.1) is 0 Å². The molecule has 0 fully saturated rings. The van der Waals surface area contributed by atoms with Crippen LogP contribution in [-0.2, 0) is 9.59 Å². The van der Waals surface area contributed by atoms with Gasteiger partial charge in [-0.2, -0.15) is 0 Å². The molecule has 1 atom stereocenters. The van der Waals surface area contributed by atoms with Crippen LogP contribution in [0.3, 0.4) is 0 Å². The Labute approximate surface area is 165 Å². The average Bonchev–Trinajstić information content (AvgIpc) is 3.11. The fourth-order valence-corrected chi connectivity index (χ4v) is 3.21. The predicted molar refractivity (Wildman–Crippen MR) is 102 cm³/mol. The van der Waals surface area contributed by atoms with E-state index in [1.807, 2.05) is 54.6 Å². The van der Waals surface area contributed by atoms with Crippen LogP contribution >= 0.6 is 15.9 Å². The first kappa shape index (κ1) is 19.0. The molecule has 1 unspecified atom stereocenters. The smallest absolute Gasteiger partial charge is 0.242 e. The van der Waals surface area contributed by atoms with Crippen LogP contribution in [-0.4, -0.2) is 24.0 Å². The van der Waals surface area contributed by atoms with Crippen molar-refractivity contribution in [2.24, 2.45) is 0 Å². The SMILES string of the molecule is COc1ccccc1C1C=C(c2ccc(Br)cc2)NN1C(=O)CCC(=O)[O-]. The Bertz CT molecular complexity index is 880. The zero-order valence-electron chi connectivity index (χ0n) is 14.6. The standard InChI is InChI=1S/C20H19BrN2O4/c1-27-18-5-3-2-4-15(18)17-12-16(13-6-8-14(21)9-7-13)22-23(17)19(24)10-11-20(25)26/h2-9,12,17,22H,10-11H2,1H3,(H,25,26)/p-1. The molecule has 2 aromatic rings. The van der Waals surface area contributed by atoms with Gasteiger partial charge in [-0.1, -0.05) is 46.3 Å². The highest BCUT2D eigenvalue weighted by Crippen LogP contribution is 2.36. The van der Waals surface area contributed by atoms with Crippen LogP contribution in [0.2, 0.25) is 0 Å². The van der Waals surface area contributed by atoms with E-state index in [0.29, 0.717) is 5.75 Å². The summed E-state index contributed by atoms with van der Waals surface area (Å²) in [6.07, 6.45) is 1.45. The van der Waals surface area contributed by atoms with Crippen molar-refractivity contribution in [3.05, 3.63) is 70.2 Å². The van der Waals surface area contributed by atoms with Crippen molar-refractivity contribution >= 4 is 33.5 Å². The lowest BCUT2D eigenvalue weighted by molar-refractivity contribution is -0.305. The van der Waals surface area contributed by atoms with Gasteiger partial charge in [-0.3, -0.25) is 10.2 Å². The lowest BCUT2D eigenvalue weighted by Gasteiger charge is -2.26. The van der Waals surface area contributed by atoms with Gasteiger partial charge >= 0.3 is 0 Å². The number of methoxy groups -OCH3 is 1. The minimum Gasteiger partial charge on any atom is -0.550 e. The minimum absolute atomic E-state index is 0.150. The van der Waals surface area contributed by atoms with Crippen molar-refractivity contribution < 1.29 is 19.4 Å². The number of benzene rings is 2. The van der Waals surface area contributed by atoms with Crippen LogP contribution in [0.1, 0.15) is 30.0 Å². The first-order chi connectivity index (χ1) is 13.0. The van der Waals surface area contributed by atoms with E-state index in [9.17, 15) is 14.7 Å². The molecule has 1 N–H and O–H groups in total. The topological polar surface area (TPSA) is 81.7 Å². The number of carbonyl (C=O) groups excluding carboxylic acids is 2. The van der Waals surface area contributed by atoms with Crippen molar-refractivity contribution in [1.29, 1.82) is 0 Å². The Balaban J connectivity index is 1.95. The summed E-state index contributed by atoms with van der Waals surface area (Å²) < 4.78 is 6.39. The maximum Gasteiger partial charge on any atom is 0.242 e. The average molecular weight is 430 g/mol. The molecule has 0 aliphatic carbocycles. The largest absolute Gasteiger partial charge is 0.550 e. The highest BCUT2D eigenvalue weighted by atomic mass is 79.9. The number of rotatable bonds is 6. The fraction of sp³-hybridized carbons (Fsp3) is 0.200. The number of amides is 1. The quantitative estimate of drug-likeness (QED) is 0.762. The maximum atomic E-state index is 12.7. The van der Waals surface area contributed by atoms with Crippen LogP contribution in [0.15, 0.2) is 59.1 Å². The van der Waals surface area contributed by atoms with Gasteiger partial charge in [0.05, 0.1) is 12.8 Å². The number of halogens is 1. The third-order valence-electron chi connectivity index (χ3n) is 4.27. The van der Waals surface area contributed by atoms with Crippen LogP contribution < -0.4 is 15.3 Å². The number of carboxylic acid groups (broad SMARTS) is 1. The lowest BCUT2D eigenvalue weighted by atomic mass is 10.0. The van der Waals surface area contributed by atoms with Gasteiger partial charge in [-0.25, -0.2) is 5.01 Å². The molecule has 7 heteroatoms. The summed E-state index contributed by atoms with van der Waals surface area (Å²) in [6, 6.07) is 14.7. The molecule has 0 spiro atoms. The van der Waals surface area contributed by atoms with Crippen molar-refractivity contribution in [3.8, 4) is 5.75 Å². The Hall–Kier alpha value is -2.80. The summed E-state index contributed by atoms with van der Waals surface area (Å²) in [4.78, 5) is 23.4. The molecule has 1 aliphatic heterocycles. The van der Waals surface area contributed by atoms with Crippen molar-refractivity contribution in [2.75, 3.05) is 7.11 Å². The first-order valence-electron chi connectivity index (χ1n) is 8.39. The van der Waals surface area contributed by atoms with Crippen LogP contribution in [0, 0.1) is 0 Å². The molecule has 140 valence electrons. The maximum absolute atomic E-state index is 12.7. The zero-order valence-corrected chi connectivity index (χ0v) is 16.2. The normalized spacial score (nSPS) is 15.9. The van der Waals surface area contributed by atoms with Gasteiger partial charge in [0, 0.05) is 22.4 Å². The predicted octanol–water partition coefficient (Wildman–Crippen LogP) is 2.42. The third-order valence-corrected chi connectivity index (χ3v) is 4.80. The van der Waals surface area contributed by atoms with Gasteiger partial charge in [0.2, 0.25) is 5.91 Å². The summed E-state index contributed by atoms with van der Waals surface area (Å²) in [5.74, 6) is -0.939. The number of hydrogen-bond donors (Lipinski definition) is 1. The molecule has 1 aliphatic rings.